The molecule has 0 unspecified atom stereocenters. The largest absolute Gasteiger partial charge is 0.497 e. The first-order chi connectivity index (χ1) is 19.0. The number of hydrogen-bond donors (Lipinski definition) is 1. The quantitative estimate of drug-likeness (QED) is 0.390. The number of ether oxygens (including phenoxy) is 2. The number of methoxy groups -OCH3 is 2. The molecule has 5 heterocycles. The normalized spacial score (nSPS) is 17.5. The summed E-state index contributed by atoms with van der Waals surface area (Å²) >= 11 is 0. The molecule has 1 N–H and O–H groups in total. The van der Waals surface area contributed by atoms with Crippen LogP contribution in [0.4, 0.5) is 0 Å². The SMILES string of the molecule is COc1cc(OC)cc(C(=O)N2CCC(N3CC(CC#N)(n4cc(-c5ncnc6[nH]ccc56)cn4)C3)CC2)c1. The van der Waals surface area contributed by atoms with Crippen molar-refractivity contribution in [2.75, 3.05) is 40.4 Å². The van der Waals surface area contributed by atoms with Gasteiger partial charge in [0.05, 0.1) is 38.6 Å². The van der Waals surface area contributed by atoms with Crippen LogP contribution in [0, 0.1) is 11.3 Å². The number of hydrogen-bond acceptors (Lipinski definition) is 8. The Bertz CT molecular complexity index is 1520. The molecule has 11 nitrogen and oxygen atoms in total. The standard InChI is InChI=1S/C28H30N8O3/c1-38-22-11-19(12-23(13-22)39-2)27(37)34-9-4-21(5-10-34)35-16-28(17-35,6-7-29)36-15-20(14-33-36)25-24-3-8-30-26(24)32-18-31-25/h3,8,11-15,18,21H,4-6,9-10,16-17H2,1-2H3,(H,30,31,32). The zero-order valence-electron chi connectivity index (χ0n) is 22.0. The lowest BCUT2D eigenvalue weighted by Gasteiger charge is -2.53. The number of rotatable bonds is 7. The van der Waals surface area contributed by atoms with Crippen LogP contribution in [-0.4, -0.2) is 86.9 Å². The molecule has 0 bridgehead atoms. The van der Waals surface area contributed by atoms with Gasteiger partial charge in [0.2, 0.25) is 0 Å². The van der Waals surface area contributed by atoms with E-state index in [0.29, 0.717) is 42.6 Å². The Morgan fingerprint density at radius 1 is 1.15 bits per heavy atom. The third-order valence-corrected chi connectivity index (χ3v) is 7.97. The molecule has 11 heteroatoms. The third kappa shape index (κ3) is 4.46. The summed E-state index contributed by atoms with van der Waals surface area (Å²) in [5.41, 5.74) is 2.70. The molecule has 1 aromatic carbocycles. The van der Waals surface area contributed by atoms with E-state index in [1.54, 1.807) is 38.7 Å². The molecule has 0 spiro atoms. The lowest BCUT2D eigenvalue weighted by molar-refractivity contribution is -0.0412. The highest BCUT2D eigenvalue weighted by molar-refractivity contribution is 5.95. The number of nitrogens with zero attached hydrogens (tertiary/aromatic N) is 7. The molecule has 0 aliphatic carbocycles. The summed E-state index contributed by atoms with van der Waals surface area (Å²) in [4.78, 5) is 29.4. The number of nitrogens with one attached hydrogen (secondary N) is 1. The van der Waals surface area contributed by atoms with Crippen LogP contribution in [0.3, 0.4) is 0 Å². The van der Waals surface area contributed by atoms with Gasteiger partial charge in [-0.2, -0.15) is 10.4 Å². The number of aromatic amines is 1. The fourth-order valence-electron chi connectivity index (χ4n) is 5.81. The van der Waals surface area contributed by atoms with Gasteiger partial charge in [0, 0.05) is 67.2 Å². The molecular formula is C28H30N8O3. The number of amides is 1. The van der Waals surface area contributed by atoms with Gasteiger partial charge in [-0.3, -0.25) is 14.4 Å². The summed E-state index contributed by atoms with van der Waals surface area (Å²) in [5, 5.41) is 15.3. The second kappa shape index (κ2) is 10.0. The average molecular weight is 527 g/mol. The van der Waals surface area contributed by atoms with Crippen LogP contribution in [0.25, 0.3) is 22.3 Å². The summed E-state index contributed by atoms with van der Waals surface area (Å²) in [5.74, 6) is 1.18. The number of nitriles is 1. The van der Waals surface area contributed by atoms with Crippen LogP contribution >= 0.6 is 0 Å². The van der Waals surface area contributed by atoms with E-state index in [-0.39, 0.29) is 11.4 Å². The predicted octanol–water partition coefficient (Wildman–Crippen LogP) is 3.07. The Hall–Kier alpha value is -4.43. The Morgan fingerprint density at radius 2 is 1.90 bits per heavy atom. The van der Waals surface area contributed by atoms with Gasteiger partial charge in [-0.25, -0.2) is 9.97 Å². The zero-order valence-corrected chi connectivity index (χ0v) is 22.0. The molecule has 2 saturated heterocycles. The fourth-order valence-corrected chi connectivity index (χ4v) is 5.81. The maximum Gasteiger partial charge on any atom is 0.254 e. The van der Waals surface area contributed by atoms with Crippen LogP contribution in [0.1, 0.15) is 29.6 Å². The van der Waals surface area contributed by atoms with Gasteiger partial charge in [-0.15, -0.1) is 0 Å². The molecule has 200 valence electrons. The highest BCUT2D eigenvalue weighted by Gasteiger charge is 2.48. The van der Waals surface area contributed by atoms with Gasteiger partial charge < -0.3 is 19.4 Å². The Balaban J connectivity index is 1.11. The zero-order chi connectivity index (χ0) is 27.0. The molecule has 1 amide bonds. The predicted molar refractivity (Wildman–Crippen MR) is 143 cm³/mol. The van der Waals surface area contributed by atoms with E-state index in [2.05, 4.69) is 31.0 Å². The lowest BCUT2D eigenvalue weighted by Crippen LogP contribution is -2.66. The molecule has 39 heavy (non-hydrogen) atoms. The molecule has 3 aromatic heterocycles. The van der Waals surface area contributed by atoms with Gasteiger partial charge in [0.1, 0.15) is 29.0 Å². The van der Waals surface area contributed by atoms with E-state index in [1.165, 1.54) is 0 Å². The molecule has 2 aliphatic heterocycles. The number of benzene rings is 1. The Kier molecular flexibility index (Phi) is 6.40. The number of H-pyrrole nitrogens is 1. The first kappa shape index (κ1) is 24.9. The highest BCUT2D eigenvalue weighted by atomic mass is 16.5. The van der Waals surface area contributed by atoms with Crippen molar-refractivity contribution in [2.24, 2.45) is 0 Å². The van der Waals surface area contributed by atoms with E-state index < -0.39 is 0 Å². The van der Waals surface area contributed by atoms with Crippen LogP contribution in [0.15, 0.2) is 49.2 Å². The number of carbonyl (C=O) groups is 1. The molecule has 2 fully saturated rings. The maximum absolute atomic E-state index is 13.2. The first-order valence-electron chi connectivity index (χ1n) is 13.0. The topological polar surface area (TPSA) is 125 Å². The van der Waals surface area contributed by atoms with Crippen LogP contribution in [0.2, 0.25) is 0 Å². The van der Waals surface area contributed by atoms with Crippen molar-refractivity contribution >= 4 is 16.9 Å². The van der Waals surface area contributed by atoms with Crippen LogP contribution < -0.4 is 9.47 Å². The van der Waals surface area contributed by atoms with Crippen molar-refractivity contribution in [1.82, 2.24) is 34.5 Å². The molecule has 2 aliphatic rings. The maximum atomic E-state index is 13.2. The van der Waals surface area contributed by atoms with Crippen LogP contribution in [-0.2, 0) is 5.54 Å². The van der Waals surface area contributed by atoms with Crippen molar-refractivity contribution in [1.29, 1.82) is 5.26 Å². The summed E-state index contributed by atoms with van der Waals surface area (Å²) in [7, 11) is 3.16. The minimum absolute atomic E-state index is 0.0154. The molecule has 0 radical (unpaired) electrons. The smallest absolute Gasteiger partial charge is 0.254 e. The number of fused-ring (bicyclic) bond motifs is 1. The van der Waals surface area contributed by atoms with Crippen molar-refractivity contribution in [3.8, 4) is 28.8 Å². The van der Waals surface area contributed by atoms with E-state index in [9.17, 15) is 10.1 Å². The third-order valence-electron chi connectivity index (χ3n) is 7.97. The van der Waals surface area contributed by atoms with Crippen molar-refractivity contribution in [3.05, 3.63) is 54.7 Å². The molecule has 0 atom stereocenters. The number of carbonyl (C=O) groups excluding carboxylic acids is 1. The second-order valence-corrected chi connectivity index (χ2v) is 10.2. The first-order valence-corrected chi connectivity index (χ1v) is 13.0. The number of likely N-dealkylation sites (tertiary alicyclic amines) is 2. The van der Waals surface area contributed by atoms with Crippen molar-refractivity contribution in [3.63, 3.8) is 0 Å². The molecule has 6 rings (SSSR count). The second-order valence-electron chi connectivity index (χ2n) is 10.2. The highest BCUT2D eigenvalue weighted by Crippen LogP contribution is 2.37. The van der Waals surface area contributed by atoms with Gasteiger partial charge in [-0.05, 0) is 31.0 Å². The van der Waals surface area contributed by atoms with Gasteiger partial charge >= 0.3 is 0 Å². The molecular weight excluding hydrogens is 496 g/mol. The molecule has 4 aromatic rings. The lowest BCUT2D eigenvalue weighted by atomic mass is 9.83. The summed E-state index contributed by atoms with van der Waals surface area (Å²) < 4.78 is 12.6. The van der Waals surface area contributed by atoms with Crippen molar-refractivity contribution < 1.29 is 14.3 Å². The minimum atomic E-state index is -0.374. The van der Waals surface area contributed by atoms with Crippen LogP contribution in [0.5, 0.6) is 11.5 Å². The monoisotopic (exact) mass is 526 g/mol. The minimum Gasteiger partial charge on any atom is -0.497 e. The number of piperidine rings is 1. The fraction of sp³-hybridized carbons (Fsp3) is 0.393. The van der Waals surface area contributed by atoms with Crippen molar-refractivity contribution in [2.45, 2.75) is 30.8 Å². The van der Waals surface area contributed by atoms with E-state index >= 15 is 0 Å². The van der Waals surface area contributed by atoms with E-state index in [0.717, 1.165) is 48.2 Å². The van der Waals surface area contributed by atoms with E-state index in [4.69, 9.17) is 9.47 Å². The molecule has 0 saturated carbocycles. The summed E-state index contributed by atoms with van der Waals surface area (Å²) in [6, 6.07) is 9.96. The van der Waals surface area contributed by atoms with Gasteiger partial charge in [0.15, 0.2) is 0 Å². The van der Waals surface area contributed by atoms with E-state index in [1.807, 2.05) is 34.2 Å². The Labute approximate surface area is 226 Å². The number of aromatic nitrogens is 5. The average Bonchev–Trinajstić information content (AvgIpc) is 3.64. The Morgan fingerprint density at radius 3 is 2.59 bits per heavy atom. The van der Waals surface area contributed by atoms with Gasteiger partial charge in [-0.1, -0.05) is 0 Å². The van der Waals surface area contributed by atoms with Gasteiger partial charge in [0.25, 0.3) is 5.91 Å². The summed E-state index contributed by atoms with van der Waals surface area (Å²) in [6.07, 6.45) is 9.34. The summed E-state index contributed by atoms with van der Waals surface area (Å²) in [6.45, 7) is 2.85.